The third-order valence-electron chi connectivity index (χ3n) is 7.19. The first kappa shape index (κ1) is 22.2. The Balaban J connectivity index is 1.31. The number of nitriles is 1. The number of rotatable bonds is 9. The van der Waals surface area contributed by atoms with Crippen LogP contribution in [0.3, 0.4) is 0 Å². The summed E-state index contributed by atoms with van der Waals surface area (Å²) >= 11 is 0. The molecule has 0 amide bonds. The topological polar surface area (TPSA) is 68.6 Å². The highest BCUT2D eigenvalue weighted by Gasteiger charge is 2.42. The van der Waals surface area contributed by atoms with Crippen LogP contribution < -0.4 is 10.2 Å². The number of hydrogen-bond acceptors (Lipinski definition) is 6. The van der Waals surface area contributed by atoms with Crippen molar-refractivity contribution in [3.63, 3.8) is 0 Å². The van der Waals surface area contributed by atoms with E-state index in [1.54, 1.807) is 19.2 Å². The van der Waals surface area contributed by atoms with Crippen LogP contribution in [0.5, 0.6) is 0 Å². The van der Waals surface area contributed by atoms with E-state index >= 15 is 0 Å². The number of anilines is 1. The molecule has 168 valence electrons. The molecule has 2 heterocycles. The van der Waals surface area contributed by atoms with Crippen LogP contribution in [-0.2, 0) is 16.0 Å². The second-order valence-corrected chi connectivity index (χ2v) is 9.21. The van der Waals surface area contributed by atoms with E-state index in [2.05, 4.69) is 21.2 Å². The van der Waals surface area contributed by atoms with Crippen molar-refractivity contribution < 1.29 is 13.9 Å². The molecule has 1 aromatic carbocycles. The normalized spacial score (nSPS) is 26.7. The van der Waals surface area contributed by atoms with E-state index in [4.69, 9.17) is 4.74 Å². The number of piperazine rings is 1. The summed E-state index contributed by atoms with van der Waals surface area (Å²) in [5.74, 6) is -0.242. The predicted octanol–water partition coefficient (Wildman–Crippen LogP) is 2.38. The van der Waals surface area contributed by atoms with Crippen molar-refractivity contribution in [1.29, 1.82) is 5.26 Å². The number of carbonyl (C=O) groups excluding carboxylic acids is 1. The van der Waals surface area contributed by atoms with E-state index in [-0.39, 0.29) is 30.5 Å². The monoisotopic (exact) mass is 428 g/mol. The summed E-state index contributed by atoms with van der Waals surface area (Å²) in [6.07, 6.45) is 3.80. The second-order valence-electron chi connectivity index (χ2n) is 9.21. The van der Waals surface area contributed by atoms with E-state index in [9.17, 15) is 14.4 Å². The minimum absolute atomic E-state index is 0.107. The molecule has 6 nitrogen and oxygen atoms in total. The molecule has 1 N–H and O–H groups in total. The van der Waals surface area contributed by atoms with Crippen LogP contribution >= 0.6 is 0 Å². The van der Waals surface area contributed by atoms with Gasteiger partial charge in [0.2, 0.25) is 0 Å². The van der Waals surface area contributed by atoms with Gasteiger partial charge in [0, 0.05) is 58.0 Å². The molecule has 1 aromatic rings. The van der Waals surface area contributed by atoms with Gasteiger partial charge in [0.1, 0.15) is 5.82 Å². The summed E-state index contributed by atoms with van der Waals surface area (Å²) in [6.45, 7) is 5.22. The maximum Gasteiger partial charge on any atom is 0.151 e. The van der Waals surface area contributed by atoms with Gasteiger partial charge in [-0.1, -0.05) is 6.07 Å². The number of fused-ring (bicyclic) bond motifs is 2. The number of nitrogens with zero attached hydrogens (tertiary/aromatic N) is 3. The molecular weight excluding hydrogens is 395 g/mol. The number of piperidine rings is 1. The van der Waals surface area contributed by atoms with Gasteiger partial charge in [-0.25, -0.2) is 4.39 Å². The summed E-state index contributed by atoms with van der Waals surface area (Å²) in [5, 5.41) is 13.0. The summed E-state index contributed by atoms with van der Waals surface area (Å²) < 4.78 is 20.0. The van der Waals surface area contributed by atoms with Crippen molar-refractivity contribution in [2.45, 2.75) is 44.2 Å². The van der Waals surface area contributed by atoms with Gasteiger partial charge in [0.15, 0.2) is 5.78 Å². The molecule has 4 rings (SSSR count). The number of carbonyl (C=O) groups is 1. The van der Waals surface area contributed by atoms with Gasteiger partial charge in [-0.05, 0) is 49.3 Å². The van der Waals surface area contributed by atoms with Crippen LogP contribution in [0, 0.1) is 29.0 Å². The third kappa shape index (κ3) is 5.25. The summed E-state index contributed by atoms with van der Waals surface area (Å²) in [6, 6.07) is 7.89. The van der Waals surface area contributed by atoms with Crippen molar-refractivity contribution in [2.24, 2.45) is 11.8 Å². The second kappa shape index (κ2) is 10.1. The Morgan fingerprint density at radius 3 is 2.74 bits per heavy atom. The molecule has 2 saturated heterocycles. The highest BCUT2D eigenvalue weighted by Crippen LogP contribution is 2.36. The van der Waals surface area contributed by atoms with E-state index in [0.29, 0.717) is 17.5 Å². The smallest absolute Gasteiger partial charge is 0.151 e. The van der Waals surface area contributed by atoms with E-state index in [1.807, 2.05) is 6.07 Å². The summed E-state index contributed by atoms with van der Waals surface area (Å²) in [7, 11) is 1.71. The Kier molecular flexibility index (Phi) is 7.21. The highest BCUT2D eigenvalue weighted by atomic mass is 19.1. The lowest BCUT2D eigenvalue weighted by Crippen LogP contribution is -2.47. The zero-order valence-electron chi connectivity index (χ0n) is 18.4. The first-order valence-electron chi connectivity index (χ1n) is 11.5. The predicted molar refractivity (Wildman–Crippen MR) is 117 cm³/mol. The zero-order valence-corrected chi connectivity index (χ0v) is 18.4. The lowest BCUT2D eigenvalue weighted by molar-refractivity contribution is -0.122. The van der Waals surface area contributed by atoms with Crippen LogP contribution in [-0.4, -0.2) is 69.2 Å². The fourth-order valence-electron chi connectivity index (χ4n) is 5.36. The molecule has 3 aliphatic rings. The lowest BCUT2D eigenvalue weighted by atomic mass is 9.88. The van der Waals surface area contributed by atoms with Gasteiger partial charge in [0.05, 0.1) is 24.6 Å². The molecule has 4 atom stereocenters. The number of hydrogen-bond donors (Lipinski definition) is 1. The Morgan fingerprint density at radius 2 is 2.13 bits per heavy atom. The highest BCUT2D eigenvalue weighted by molar-refractivity contribution is 5.85. The van der Waals surface area contributed by atoms with Gasteiger partial charge < -0.3 is 15.0 Å². The van der Waals surface area contributed by atoms with Gasteiger partial charge in [-0.2, -0.15) is 5.26 Å². The SMILES string of the molecule is COCCN1CCN(c2ccc(C[C@@H](C#N)CC(=O)[C@H]3N[C@@H]4CC[C@H]3C4)c(F)c2)CC1. The van der Waals surface area contributed by atoms with E-state index in [1.165, 1.54) is 0 Å². The Labute approximate surface area is 184 Å². The molecule has 3 fully saturated rings. The molecule has 0 radical (unpaired) electrons. The fourth-order valence-corrected chi connectivity index (χ4v) is 5.36. The molecule has 1 aliphatic carbocycles. The van der Waals surface area contributed by atoms with Crippen molar-refractivity contribution in [3.8, 4) is 6.07 Å². The summed E-state index contributed by atoms with van der Waals surface area (Å²) in [5.41, 5.74) is 1.39. The van der Waals surface area contributed by atoms with Crippen LogP contribution in [0.2, 0.25) is 0 Å². The quantitative estimate of drug-likeness (QED) is 0.651. The maximum absolute atomic E-state index is 14.8. The molecule has 2 aliphatic heterocycles. The minimum atomic E-state index is -0.488. The average molecular weight is 429 g/mol. The van der Waals surface area contributed by atoms with E-state index < -0.39 is 5.92 Å². The number of nitrogens with one attached hydrogen (secondary N) is 1. The molecule has 31 heavy (non-hydrogen) atoms. The largest absolute Gasteiger partial charge is 0.383 e. The number of halogens is 1. The average Bonchev–Trinajstić information content (AvgIpc) is 3.42. The number of ketones is 1. The maximum atomic E-state index is 14.8. The van der Waals surface area contributed by atoms with Crippen molar-refractivity contribution in [3.05, 3.63) is 29.6 Å². The number of benzene rings is 1. The first-order valence-corrected chi connectivity index (χ1v) is 11.5. The van der Waals surface area contributed by atoms with Gasteiger partial charge in [0.25, 0.3) is 0 Å². The molecule has 7 heteroatoms. The summed E-state index contributed by atoms with van der Waals surface area (Å²) in [4.78, 5) is 17.3. The van der Waals surface area contributed by atoms with Gasteiger partial charge >= 0.3 is 0 Å². The molecule has 0 spiro atoms. The van der Waals surface area contributed by atoms with Crippen molar-refractivity contribution in [1.82, 2.24) is 10.2 Å². The van der Waals surface area contributed by atoms with Crippen molar-refractivity contribution in [2.75, 3.05) is 51.3 Å². The Hall–Kier alpha value is -2.01. The third-order valence-corrected chi connectivity index (χ3v) is 7.19. The first-order chi connectivity index (χ1) is 15.1. The zero-order chi connectivity index (χ0) is 21.8. The molecular formula is C24H33FN4O2. The molecule has 1 saturated carbocycles. The Bertz CT molecular complexity index is 818. The van der Waals surface area contributed by atoms with Gasteiger partial charge in [-0.3, -0.25) is 9.69 Å². The molecule has 0 unspecified atom stereocenters. The fraction of sp³-hybridized carbons (Fsp3) is 0.667. The Morgan fingerprint density at radius 1 is 1.32 bits per heavy atom. The van der Waals surface area contributed by atoms with Gasteiger partial charge in [-0.15, -0.1) is 0 Å². The minimum Gasteiger partial charge on any atom is -0.383 e. The number of Topliss-reactive ketones (excluding diaryl/α,β-unsaturated/α-hetero) is 1. The number of methoxy groups -OCH3 is 1. The van der Waals surface area contributed by atoms with Crippen molar-refractivity contribution >= 4 is 11.5 Å². The van der Waals surface area contributed by atoms with Crippen LogP contribution in [0.1, 0.15) is 31.2 Å². The number of ether oxygens (including phenoxy) is 1. The van der Waals surface area contributed by atoms with Crippen LogP contribution in [0.4, 0.5) is 10.1 Å². The molecule has 2 bridgehead atoms. The standard InChI is InChI=1S/C24H33FN4O2/c1-31-11-10-28-6-8-29(9-7-28)21-5-3-18(22(25)15-21)12-17(16-26)13-23(30)24-19-2-4-20(14-19)27-24/h3,5,15,17,19-20,24,27H,2,4,6-14H2,1H3/t17-,19+,20-,24+/m1/s1. The van der Waals surface area contributed by atoms with E-state index in [0.717, 1.165) is 64.3 Å². The lowest BCUT2D eigenvalue weighted by Gasteiger charge is -2.36. The molecule has 0 aromatic heterocycles. The van der Waals surface area contributed by atoms with Crippen LogP contribution in [0.15, 0.2) is 18.2 Å². The van der Waals surface area contributed by atoms with Crippen LogP contribution in [0.25, 0.3) is 0 Å².